The second kappa shape index (κ2) is 7.17. The minimum atomic E-state index is 0.609. The summed E-state index contributed by atoms with van der Waals surface area (Å²) in [7, 11) is 0. The largest absolute Gasteiger partial charge is 0.494 e. The fraction of sp³-hybridized carbons (Fsp3) is 0.562. The Morgan fingerprint density at radius 3 is 2.80 bits per heavy atom. The van der Waals surface area contributed by atoms with E-state index in [-0.39, 0.29) is 0 Å². The van der Waals surface area contributed by atoms with Gasteiger partial charge in [0.15, 0.2) is 5.96 Å². The summed E-state index contributed by atoms with van der Waals surface area (Å²) in [5, 5.41) is 6.71. The Kier molecular flexibility index (Phi) is 5.27. The molecule has 0 aromatic heterocycles. The number of hydrogen-bond donors (Lipinski definition) is 2. The zero-order valence-corrected chi connectivity index (χ0v) is 12.7. The van der Waals surface area contributed by atoms with Crippen molar-refractivity contribution in [2.45, 2.75) is 46.2 Å². The molecule has 0 bridgehead atoms. The molecule has 20 heavy (non-hydrogen) atoms. The highest BCUT2D eigenvalue weighted by atomic mass is 16.5. The van der Waals surface area contributed by atoms with Gasteiger partial charge < -0.3 is 15.4 Å². The van der Waals surface area contributed by atoms with Crippen molar-refractivity contribution in [3.63, 3.8) is 0 Å². The van der Waals surface area contributed by atoms with Crippen LogP contribution in [-0.2, 0) is 6.54 Å². The maximum Gasteiger partial charge on any atom is 0.191 e. The molecule has 0 spiro atoms. The van der Waals surface area contributed by atoms with Crippen molar-refractivity contribution in [2.75, 3.05) is 13.2 Å². The topological polar surface area (TPSA) is 45.7 Å². The van der Waals surface area contributed by atoms with E-state index in [1.807, 2.05) is 6.92 Å². The summed E-state index contributed by atoms with van der Waals surface area (Å²) in [4.78, 5) is 4.65. The van der Waals surface area contributed by atoms with Crippen molar-refractivity contribution < 1.29 is 4.74 Å². The van der Waals surface area contributed by atoms with Crippen molar-refractivity contribution in [1.29, 1.82) is 0 Å². The average molecular weight is 275 g/mol. The molecule has 0 amide bonds. The van der Waals surface area contributed by atoms with E-state index >= 15 is 0 Å². The predicted octanol–water partition coefficient (Wildman–Crippen LogP) is 2.61. The molecule has 1 fully saturated rings. The van der Waals surface area contributed by atoms with Crippen LogP contribution >= 0.6 is 0 Å². The molecule has 0 atom stereocenters. The van der Waals surface area contributed by atoms with Crippen molar-refractivity contribution in [2.24, 2.45) is 4.99 Å². The fourth-order valence-electron chi connectivity index (χ4n) is 1.99. The van der Waals surface area contributed by atoms with E-state index in [2.05, 4.69) is 47.7 Å². The number of rotatable bonds is 6. The summed E-state index contributed by atoms with van der Waals surface area (Å²) in [6.45, 7) is 8.37. The summed E-state index contributed by atoms with van der Waals surface area (Å²) >= 11 is 0. The number of aryl methyl sites for hydroxylation is 1. The Labute approximate surface area is 121 Å². The molecule has 0 heterocycles. The number of nitrogens with zero attached hydrogens (tertiary/aromatic N) is 1. The molecule has 1 aliphatic carbocycles. The second-order valence-electron chi connectivity index (χ2n) is 5.16. The Hall–Kier alpha value is -1.71. The van der Waals surface area contributed by atoms with Gasteiger partial charge in [-0.05, 0) is 45.2 Å². The molecule has 0 radical (unpaired) electrons. The average Bonchev–Trinajstić information content (AvgIpc) is 3.22. The van der Waals surface area contributed by atoms with Crippen LogP contribution in [0, 0.1) is 6.92 Å². The monoisotopic (exact) mass is 275 g/mol. The number of ether oxygens (including phenoxy) is 1. The third kappa shape index (κ3) is 4.44. The van der Waals surface area contributed by atoms with E-state index in [1.165, 1.54) is 18.4 Å². The molecule has 4 nitrogen and oxygen atoms in total. The predicted molar refractivity (Wildman–Crippen MR) is 83.3 cm³/mol. The zero-order valence-electron chi connectivity index (χ0n) is 12.7. The van der Waals surface area contributed by atoms with Gasteiger partial charge in [0.1, 0.15) is 5.75 Å². The fourth-order valence-corrected chi connectivity index (χ4v) is 1.99. The minimum absolute atomic E-state index is 0.609. The Balaban J connectivity index is 2.06. The van der Waals surface area contributed by atoms with E-state index in [9.17, 15) is 0 Å². The number of benzene rings is 1. The Morgan fingerprint density at radius 2 is 2.15 bits per heavy atom. The Morgan fingerprint density at radius 1 is 1.35 bits per heavy atom. The van der Waals surface area contributed by atoms with Gasteiger partial charge in [-0.2, -0.15) is 0 Å². The van der Waals surface area contributed by atoms with E-state index < -0.39 is 0 Å². The molecule has 1 aromatic rings. The molecule has 110 valence electrons. The van der Waals surface area contributed by atoms with Gasteiger partial charge in [0.05, 0.1) is 13.2 Å². The van der Waals surface area contributed by atoms with Crippen molar-refractivity contribution in [3.05, 3.63) is 29.3 Å². The summed E-state index contributed by atoms with van der Waals surface area (Å²) in [6.07, 6.45) is 2.50. The van der Waals surface area contributed by atoms with Crippen LogP contribution in [-0.4, -0.2) is 25.2 Å². The molecular weight excluding hydrogens is 250 g/mol. The van der Waals surface area contributed by atoms with E-state index in [1.54, 1.807) is 0 Å². The van der Waals surface area contributed by atoms with Crippen molar-refractivity contribution in [3.8, 4) is 5.75 Å². The van der Waals surface area contributed by atoms with Gasteiger partial charge in [-0.25, -0.2) is 4.99 Å². The SMILES string of the molecule is CCNC(=NCc1ccc(C)cc1OCC)NC1CC1. The number of aliphatic imine (C=N–C) groups is 1. The van der Waals surface area contributed by atoms with Crippen molar-refractivity contribution >= 4 is 5.96 Å². The standard InChI is InChI=1S/C16H25N3O/c1-4-17-16(19-14-8-9-14)18-11-13-7-6-12(3)10-15(13)20-5-2/h6-7,10,14H,4-5,8-9,11H2,1-3H3,(H2,17,18,19). The second-order valence-corrected chi connectivity index (χ2v) is 5.16. The van der Waals surface area contributed by atoms with Gasteiger partial charge in [0, 0.05) is 18.2 Å². The molecule has 2 rings (SSSR count). The van der Waals surface area contributed by atoms with Gasteiger partial charge in [-0.15, -0.1) is 0 Å². The summed E-state index contributed by atoms with van der Waals surface area (Å²) in [6, 6.07) is 6.89. The van der Waals surface area contributed by atoms with Gasteiger partial charge >= 0.3 is 0 Å². The maximum absolute atomic E-state index is 5.69. The maximum atomic E-state index is 5.69. The lowest BCUT2D eigenvalue weighted by Crippen LogP contribution is -2.38. The molecule has 0 unspecified atom stereocenters. The molecule has 1 aliphatic rings. The van der Waals surface area contributed by atoms with Gasteiger partial charge in [-0.1, -0.05) is 12.1 Å². The first-order chi connectivity index (χ1) is 9.72. The smallest absolute Gasteiger partial charge is 0.191 e. The van der Waals surface area contributed by atoms with Crippen LogP contribution in [0.15, 0.2) is 23.2 Å². The van der Waals surface area contributed by atoms with Crippen LogP contribution in [0.4, 0.5) is 0 Å². The van der Waals surface area contributed by atoms with Gasteiger partial charge in [-0.3, -0.25) is 0 Å². The first-order valence-corrected chi connectivity index (χ1v) is 7.50. The molecule has 1 saturated carbocycles. The normalized spacial score (nSPS) is 15.1. The van der Waals surface area contributed by atoms with E-state index in [0.717, 1.165) is 23.8 Å². The van der Waals surface area contributed by atoms with Crippen LogP contribution < -0.4 is 15.4 Å². The molecule has 0 saturated heterocycles. The molecule has 0 aliphatic heterocycles. The van der Waals surface area contributed by atoms with Crippen LogP contribution in [0.25, 0.3) is 0 Å². The number of guanidine groups is 1. The van der Waals surface area contributed by atoms with Crippen LogP contribution in [0.1, 0.15) is 37.8 Å². The molecule has 1 aromatic carbocycles. The van der Waals surface area contributed by atoms with Crippen LogP contribution in [0.3, 0.4) is 0 Å². The molecule has 2 N–H and O–H groups in total. The lowest BCUT2D eigenvalue weighted by atomic mass is 10.1. The number of nitrogens with one attached hydrogen (secondary N) is 2. The van der Waals surface area contributed by atoms with E-state index in [4.69, 9.17) is 4.74 Å². The lowest BCUT2D eigenvalue weighted by Gasteiger charge is -2.12. The minimum Gasteiger partial charge on any atom is -0.494 e. The summed E-state index contributed by atoms with van der Waals surface area (Å²) in [5.41, 5.74) is 2.34. The highest BCUT2D eigenvalue weighted by molar-refractivity contribution is 5.80. The van der Waals surface area contributed by atoms with Gasteiger partial charge in [0.2, 0.25) is 0 Å². The highest BCUT2D eigenvalue weighted by Crippen LogP contribution is 2.22. The Bertz CT molecular complexity index is 467. The summed E-state index contributed by atoms with van der Waals surface area (Å²) in [5.74, 6) is 1.84. The molecule has 4 heteroatoms. The highest BCUT2D eigenvalue weighted by Gasteiger charge is 2.22. The lowest BCUT2D eigenvalue weighted by molar-refractivity contribution is 0.336. The molecular formula is C16H25N3O. The van der Waals surface area contributed by atoms with E-state index in [0.29, 0.717) is 19.2 Å². The van der Waals surface area contributed by atoms with Crippen molar-refractivity contribution in [1.82, 2.24) is 10.6 Å². The zero-order chi connectivity index (χ0) is 14.4. The van der Waals surface area contributed by atoms with Crippen LogP contribution in [0.2, 0.25) is 0 Å². The summed E-state index contributed by atoms with van der Waals surface area (Å²) < 4.78 is 5.69. The quantitative estimate of drug-likeness (QED) is 0.619. The first kappa shape index (κ1) is 14.7. The van der Waals surface area contributed by atoms with Gasteiger partial charge in [0.25, 0.3) is 0 Å². The third-order valence-electron chi connectivity index (χ3n) is 3.19. The third-order valence-corrected chi connectivity index (χ3v) is 3.19. The number of hydrogen-bond acceptors (Lipinski definition) is 2. The van der Waals surface area contributed by atoms with Crippen LogP contribution in [0.5, 0.6) is 5.75 Å². The first-order valence-electron chi connectivity index (χ1n) is 7.50.